The number of hydrogen-bond acceptors (Lipinski definition) is 6. The summed E-state index contributed by atoms with van der Waals surface area (Å²) in [5.74, 6) is 0.0738. The lowest BCUT2D eigenvalue weighted by molar-refractivity contribution is 0.0699. The van der Waals surface area contributed by atoms with Crippen LogP contribution in [0.3, 0.4) is 0 Å². The first kappa shape index (κ1) is 17.3. The Morgan fingerprint density at radius 1 is 1.11 bits per heavy atom. The lowest BCUT2D eigenvalue weighted by Crippen LogP contribution is -2.39. The second-order valence-electron chi connectivity index (χ2n) is 6.85. The molecule has 0 bridgehead atoms. The fraction of sp³-hybridized carbons (Fsp3) is 0.368. The number of likely N-dealkylation sites (tertiary alicyclic amines) is 1. The van der Waals surface area contributed by atoms with Crippen LogP contribution in [0.4, 0.5) is 0 Å². The van der Waals surface area contributed by atoms with Crippen LogP contribution in [0.2, 0.25) is 0 Å². The van der Waals surface area contributed by atoms with Gasteiger partial charge in [-0.2, -0.15) is 0 Å². The number of nitrogens with zero attached hydrogens (tertiary/aromatic N) is 7. The third-order valence-corrected chi connectivity index (χ3v) is 4.86. The molecule has 0 aliphatic carbocycles. The van der Waals surface area contributed by atoms with Crippen molar-refractivity contribution in [3.8, 4) is 11.4 Å². The summed E-state index contributed by atoms with van der Waals surface area (Å²) in [7, 11) is 1.93. The van der Waals surface area contributed by atoms with Gasteiger partial charge < -0.3 is 9.47 Å². The standard InChI is InChI=1S/C19H21N7O/c1-13-6-23-17(9-22-13)19(27)26-5-3-4-14(11-26)15-7-20-8-16(24-15)18-10-21-12-25(18)2/h6-10,12,14H,3-5,11H2,1-2H3. The molecule has 1 unspecified atom stereocenters. The van der Waals surface area contributed by atoms with Crippen molar-refractivity contribution in [1.82, 2.24) is 34.4 Å². The summed E-state index contributed by atoms with van der Waals surface area (Å²) in [6.45, 7) is 3.18. The Kier molecular flexibility index (Phi) is 4.62. The minimum Gasteiger partial charge on any atom is -0.337 e. The Labute approximate surface area is 157 Å². The highest BCUT2D eigenvalue weighted by Crippen LogP contribution is 2.27. The van der Waals surface area contributed by atoms with E-state index in [0.29, 0.717) is 12.2 Å². The molecule has 4 heterocycles. The smallest absolute Gasteiger partial charge is 0.274 e. The van der Waals surface area contributed by atoms with E-state index in [-0.39, 0.29) is 11.8 Å². The average molecular weight is 363 g/mol. The van der Waals surface area contributed by atoms with Crippen molar-refractivity contribution in [1.29, 1.82) is 0 Å². The van der Waals surface area contributed by atoms with Crippen LogP contribution >= 0.6 is 0 Å². The van der Waals surface area contributed by atoms with E-state index < -0.39 is 0 Å². The molecule has 138 valence electrons. The molecule has 1 amide bonds. The Morgan fingerprint density at radius 2 is 2.00 bits per heavy atom. The summed E-state index contributed by atoms with van der Waals surface area (Å²) in [6, 6.07) is 0. The van der Waals surface area contributed by atoms with Crippen LogP contribution in [0.1, 0.15) is 40.6 Å². The molecule has 1 aliphatic heterocycles. The van der Waals surface area contributed by atoms with Gasteiger partial charge >= 0.3 is 0 Å². The third-order valence-electron chi connectivity index (χ3n) is 4.86. The van der Waals surface area contributed by atoms with Gasteiger partial charge in [-0.15, -0.1) is 0 Å². The van der Waals surface area contributed by atoms with Gasteiger partial charge in [0.05, 0.1) is 42.0 Å². The lowest BCUT2D eigenvalue weighted by Gasteiger charge is -2.32. The van der Waals surface area contributed by atoms with E-state index >= 15 is 0 Å². The summed E-state index contributed by atoms with van der Waals surface area (Å²) in [5.41, 5.74) is 3.80. The van der Waals surface area contributed by atoms with Crippen LogP contribution < -0.4 is 0 Å². The summed E-state index contributed by atoms with van der Waals surface area (Å²) in [4.78, 5) is 36.3. The lowest BCUT2D eigenvalue weighted by atomic mass is 9.94. The van der Waals surface area contributed by atoms with Crippen LogP contribution in [-0.4, -0.2) is 53.4 Å². The SMILES string of the molecule is Cc1cnc(C(=O)N2CCCC(c3cncc(-c4cncn4C)n3)C2)cn1. The monoisotopic (exact) mass is 363 g/mol. The molecule has 1 fully saturated rings. The van der Waals surface area contributed by atoms with E-state index in [4.69, 9.17) is 4.98 Å². The number of piperidine rings is 1. The van der Waals surface area contributed by atoms with E-state index in [0.717, 1.165) is 42.2 Å². The van der Waals surface area contributed by atoms with Crippen molar-refractivity contribution in [2.24, 2.45) is 7.05 Å². The molecule has 1 atom stereocenters. The molecule has 0 N–H and O–H groups in total. The molecule has 1 saturated heterocycles. The molecule has 3 aromatic rings. The van der Waals surface area contributed by atoms with Crippen molar-refractivity contribution in [2.75, 3.05) is 13.1 Å². The van der Waals surface area contributed by atoms with Crippen molar-refractivity contribution in [3.63, 3.8) is 0 Å². The first-order valence-electron chi connectivity index (χ1n) is 8.98. The van der Waals surface area contributed by atoms with Crippen LogP contribution in [-0.2, 0) is 7.05 Å². The minimum absolute atomic E-state index is 0.0806. The largest absolute Gasteiger partial charge is 0.337 e. The first-order chi connectivity index (χ1) is 13.1. The van der Waals surface area contributed by atoms with E-state index in [1.165, 1.54) is 0 Å². The molecular formula is C19H21N7O. The third kappa shape index (κ3) is 3.55. The average Bonchev–Trinajstić information content (AvgIpc) is 3.14. The fourth-order valence-electron chi connectivity index (χ4n) is 3.37. The number of carbonyl (C=O) groups is 1. The Hall–Kier alpha value is -3.16. The Morgan fingerprint density at radius 3 is 2.74 bits per heavy atom. The number of carbonyl (C=O) groups excluding carboxylic acids is 1. The molecule has 8 heteroatoms. The molecule has 27 heavy (non-hydrogen) atoms. The number of aryl methyl sites for hydroxylation is 2. The predicted molar refractivity (Wildman–Crippen MR) is 98.9 cm³/mol. The number of rotatable bonds is 3. The summed E-state index contributed by atoms with van der Waals surface area (Å²) >= 11 is 0. The van der Waals surface area contributed by atoms with Gasteiger partial charge in [0, 0.05) is 38.4 Å². The minimum atomic E-state index is -0.0806. The van der Waals surface area contributed by atoms with Crippen molar-refractivity contribution in [3.05, 3.63) is 54.4 Å². The molecule has 8 nitrogen and oxygen atoms in total. The fourth-order valence-corrected chi connectivity index (χ4v) is 3.37. The summed E-state index contributed by atoms with van der Waals surface area (Å²) in [6.07, 6.45) is 12.1. The highest BCUT2D eigenvalue weighted by molar-refractivity contribution is 5.92. The van der Waals surface area contributed by atoms with Gasteiger partial charge in [0.2, 0.25) is 0 Å². The predicted octanol–water partition coefficient (Wildman–Crippen LogP) is 2.00. The first-order valence-corrected chi connectivity index (χ1v) is 8.98. The van der Waals surface area contributed by atoms with Gasteiger partial charge in [-0.3, -0.25) is 14.8 Å². The van der Waals surface area contributed by atoms with E-state index in [1.807, 2.05) is 23.4 Å². The molecular weight excluding hydrogens is 342 g/mol. The second-order valence-corrected chi connectivity index (χ2v) is 6.85. The van der Waals surface area contributed by atoms with Gasteiger partial charge in [-0.05, 0) is 19.8 Å². The number of hydrogen-bond donors (Lipinski definition) is 0. The molecule has 0 saturated carbocycles. The molecule has 0 spiro atoms. The van der Waals surface area contributed by atoms with E-state index in [9.17, 15) is 4.79 Å². The van der Waals surface area contributed by atoms with Crippen LogP contribution in [0.15, 0.2) is 37.3 Å². The van der Waals surface area contributed by atoms with E-state index in [2.05, 4.69) is 19.9 Å². The molecule has 1 aliphatic rings. The number of aromatic nitrogens is 6. The topological polar surface area (TPSA) is 89.7 Å². The number of amides is 1. The normalized spacial score (nSPS) is 17.1. The van der Waals surface area contributed by atoms with E-state index in [1.54, 1.807) is 37.3 Å². The maximum Gasteiger partial charge on any atom is 0.274 e. The van der Waals surface area contributed by atoms with Crippen molar-refractivity contribution in [2.45, 2.75) is 25.7 Å². The maximum absolute atomic E-state index is 12.8. The second kappa shape index (κ2) is 7.22. The van der Waals surface area contributed by atoms with Gasteiger partial charge in [0.1, 0.15) is 11.4 Å². The molecule has 4 rings (SSSR count). The zero-order chi connectivity index (χ0) is 18.8. The zero-order valence-electron chi connectivity index (χ0n) is 15.4. The summed E-state index contributed by atoms with van der Waals surface area (Å²) in [5, 5.41) is 0. The van der Waals surface area contributed by atoms with Crippen LogP contribution in [0.5, 0.6) is 0 Å². The molecule has 0 aromatic carbocycles. The molecule has 3 aromatic heterocycles. The van der Waals surface area contributed by atoms with Gasteiger partial charge in [0.15, 0.2) is 0 Å². The molecule has 0 radical (unpaired) electrons. The van der Waals surface area contributed by atoms with Gasteiger partial charge in [-0.25, -0.2) is 15.0 Å². The quantitative estimate of drug-likeness (QED) is 0.707. The number of imidazole rings is 1. The maximum atomic E-state index is 12.8. The van der Waals surface area contributed by atoms with Gasteiger partial charge in [0.25, 0.3) is 5.91 Å². The highest BCUT2D eigenvalue weighted by Gasteiger charge is 2.27. The Balaban J connectivity index is 1.54. The van der Waals surface area contributed by atoms with Gasteiger partial charge in [-0.1, -0.05) is 0 Å². The van der Waals surface area contributed by atoms with Crippen molar-refractivity contribution < 1.29 is 4.79 Å². The summed E-state index contributed by atoms with van der Waals surface area (Å²) < 4.78 is 1.92. The van der Waals surface area contributed by atoms with Crippen molar-refractivity contribution >= 4 is 5.91 Å². The zero-order valence-corrected chi connectivity index (χ0v) is 15.4. The highest BCUT2D eigenvalue weighted by atomic mass is 16.2. The van der Waals surface area contributed by atoms with Crippen LogP contribution in [0, 0.1) is 6.92 Å². The van der Waals surface area contributed by atoms with Crippen LogP contribution in [0.25, 0.3) is 11.4 Å². The Bertz CT molecular complexity index is 951.